The topological polar surface area (TPSA) is 38.7 Å². The van der Waals surface area contributed by atoms with E-state index in [1.54, 1.807) is 6.07 Å². The summed E-state index contributed by atoms with van der Waals surface area (Å²) >= 11 is 0. The number of rotatable bonds is 6. The number of ether oxygens (including phenoxy) is 2. The van der Waals surface area contributed by atoms with Crippen molar-refractivity contribution in [3.8, 4) is 5.75 Å². The quantitative estimate of drug-likeness (QED) is 0.795. The van der Waals surface area contributed by atoms with Gasteiger partial charge >= 0.3 is 0 Å². The Labute approximate surface area is 121 Å². The lowest BCUT2D eigenvalue weighted by molar-refractivity contribution is -0.265. The molecule has 0 amide bonds. The Balaban J connectivity index is 2.08. The van der Waals surface area contributed by atoms with Crippen molar-refractivity contribution in [3.63, 3.8) is 0 Å². The molecule has 20 heavy (non-hydrogen) atoms. The Morgan fingerprint density at radius 1 is 1.15 bits per heavy atom. The first kappa shape index (κ1) is 15.3. The van der Waals surface area contributed by atoms with Gasteiger partial charge in [-0.3, -0.25) is 0 Å². The molecule has 0 aromatic heterocycles. The molecule has 3 nitrogen and oxygen atoms in total. The van der Waals surface area contributed by atoms with Gasteiger partial charge in [0.2, 0.25) is 0 Å². The average Bonchev–Trinajstić information content (AvgIpc) is 2.46. The molecule has 112 valence electrons. The Kier molecular flexibility index (Phi) is 5.44. The van der Waals surface area contributed by atoms with E-state index in [0.717, 1.165) is 18.4 Å². The van der Waals surface area contributed by atoms with E-state index >= 15 is 0 Å². The van der Waals surface area contributed by atoms with Gasteiger partial charge in [0.1, 0.15) is 5.75 Å². The van der Waals surface area contributed by atoms with Gasteiger partial charge in [0, 0.05) is 0 Å². The summed E-state index contributed by atoms with van der Waals surface area (Å²) in [6.45, 7) is 5.46. The lowest BCUT2D eigenvalue weighted by Gasteiger charge is -2.34. The van der Waals surface area contributed by atoms with Gasteiger partial charge in [0.25, 0.3) is 0 Å². The van der Waals surface area contributed by atoms with Gasteiger partial charge in [0.05, 0.1) is 18.8 Å². The SMILES string of the molecule is CCCCCCc1ccc(O)c(C2(C)OCCCO2)c1. The lowest BCUT2D eigenvalue weighted by Crippen LogP contribution is -2.35. The van der Waals surface area contributed by atoms with E-state index < -0.39 is 5.79 Å². The first-order valence-electron chi connectivity index (χ1n) is 7.76. The second-order valence-electron chi connectivity index (χ2n) is 5.66. The molecule has 1 heterocycles. The molecule has 1 aliphatic rings. The molecule has 0 aliphatic carbocycles. The monoisotopic (exact) mass is 278 g/mol. The number of aryl methyl sites for hydroxylation is 1. The third kappa shape index (κ3) is 3.74. The summed E-state index contributed by atoms with van der Waals surface area (Å²) in [6.07, 6.45) is 6.94. The summed E-state index contributed by atoms with van der Waals surface area (Å²) in [6, 6.07) is 5.79. The Hall–Kier alpha value is -1.06. The smallest absolute Gasteiger partial charge is 0.195 e. The Morgan fingerprint density at radius 3 is 2.60 bits per heavy atom. The molecule has 1 aromatic carbocycles. The molecule has 0 spiro atoms. The first-order chi connectivity index (χ1) is 9.65. The van der Waals surface area contributed by atoms with Crippen LogP contribution in [0.15, 0.2) is 18.2 Å². The fourth-order valence-electron chi connectivity index (χ4n) is 2.65. The molecule has 1 saturated heterocycles. The molecule has 0 radical (unpaired) electrons. The van der Waals surface area contributed by atoms with Crippen LogP contribution in [0.4, 0.5) is 0 Å². The summed E-state index contributed by atoms with van der Waals surface area (Å²) in [7, 11) is 0. The molecule has 1 aromatic rings. The lowest BCUT2D eigenvalue weighted by atomic mass is 9.99. The number of phenolic OH excluding ortho intramolecular Hbond substituents is 1. The molecule has 1 N–H and O–H groups in total. The molecule has 2 rings (SSSR count). The van der Waals surface area contributed by atoms with Gasteiger partial charge in [0.15, 0.2) is 5.79 Å². The molecule has 3 heteroatoms. The number of hydrogen-bond donors (Lipinski definition) is 1. The minimum Gasteiger partial charge on any atom is -0.507 e. The molecular formula is C17H26O3. The van der Waals surface area contributed by atoms with Crippen LogP contribution in [-0.4, -0.2) is 18.3 Å². The summed E-state index contributed by atoms with van der Waals surface area (Å²) in [4.78, 5) is 0. The highest BCUT2D eigenvalue weighted by atomic mass is 16.7. The predicted molar refractivity (Wildman–Crippen MR) is 79.8 cm³/mol. The van der Waals surface area contributed by atoms with Gasteiger partial charge in [-0.1, -0.05) is 32.3 Å². The van der Waals surface area contributed by atoms with Crippen LogP contribution in [0.3, 0.4) is 0 Å². The second-order valence-corrected chi connectivity index (χ2v) is 5.66. The van der Waals surface area contributed by atoms with Crippen LogP contribution >= 0.6 is 0 Å². The average molecular weight is 278 g/mol. The van der Waals surface area contributed by atoms with Crippen molar-refractivity contribution >= 4 is 0 Å². The zero-order valence-electron chi connectivity index (χ0n) is 12.7. The maximum atomic E-state index is 10.1. The zero-order valence-corrected chi connectivity index (χ0v) is 12.7. The van der Waals surface area contributed by atoms with Crippen LogP contribution in [0.2, 0.25) is 0 Å². The third-order valence-electron chi connectivity index (χ3n) is 3.91. The van der Waals surface area contributed by atoms with Gasteiger partial charge < -0.3 is 14.6 Å². The van der Waals surface area contributed by atoms with Crippen LogP contribution in [0, 0.1) is 0 Å². The molecule has 1 aliphatic heterocycles. The van der Waals surface area contributed by atoms with Gasteiger partial charge in [-0.15, -0.1) is 0 Å². The predicted octanol–water partition coefficient (Wildman–Crippen LogP) is 4.12. The summed E-state index contributed by atoms with van der Waals surface area (Å²) in [5, 5.41) is 10.1. The zero-order chi connectivity index (χ0) is 14.4. The maximum Gasteiger partial charge on any atom is 0.195 e. The van der Waals surface area contributed by atoms with Crippen LogP contribution < -0.4 is 0 Å². The highest BCUT2D eigenvalue weighted by Gasteiger charge is 2.33. The summed E-state index contributed by atoms with van der Waals surface area (Å²) in [5.74, 6) is -0.548. The second kappa shape index (κ2) is 7.09. The van der Waals surface area contributed by atoms with Crippen LogP contribution in [0.1, 0.15) is 57.1 Å². The number of phenols is 1. The van der Waals surface area contributed by atoms with Crippen molar-refractivity contribution in [1.29, 1.82) is 0 Å². The van der Waals surface area contributed by atoms with E-state index in [1.807, 2.05) is 19.1 Å². The van der Waals surface area contributed by atoms with Crippen molar-refractivity contribution in [2.75, 3.05) is 13.2 Å². The number of unbranched alkanes of at least 4 members (excludes halogenated alkanes) is 3. The number of aromatic hydroxyl groups is 1. The van der Waals surface area contributed by atoms with E-state index in [1.165, 1.54) is 31.2 Å². The fourth-order valence-corrected chi connectivity index (χ4v) is 2.65. The highest BCUT2D eigenvalue weighted by molar-refractivity contribution is 5.39. The van der Waals surface area contributed by atoms with E-state index in [4.69, 9.17) is 9.47 Å². The molecule has 0 saturated carbocycles. The summed E-state index contributed by atoms with van der Waals surface area (Å²) < 4.78 is 11.5. The van der Waals surface area contributed by atoms with E-state index in [-0.39, 0.29) is 5.75 Å². The summed E-state index contributed by atoms with van der Waals surface area (Å²) in [5.41, 5.74) is 2.00. The molecule has 0 bridgehead atoms. The van der Waals surface area contributed by atoms with E-state index in [0.29, 0.717) is 13.2 Å². The largest absolute Gasteiger partial charge is 0.507 e. The van der Waals surface area contributed by atoms with Crippen LogP contribution in [-0.2, 0) is 21.7 Å². The number of hydrogen-bond acceptors (Lipinski definition) is 3. The van der Waals surface area contributed by atoms with Crippen molar-refractivity contribution in [2.24, 2.45) is 0 Å². The maximum absolute atomic E-state index is 10.1. The normalized spacial score (nSPS) is 18.1. The van der Waals surface area contributed by atoms with Crippen LogP contribution in [0.25, 0.3) is 0 Å². The number of benzene rings is 1. The Morgan fingerprint density at radius 2 is 1.90 bits per heavy atom. The highest BCUT2D eigenvalue weighted by Crippen LogP contribution is 2.36. The standard InChI is InChI=1S/C17H26O3/c1-3-4-5-6-8-14-9-10-16(18)15(13-14)17(2)19-11-7-12-20-17/h9-10,13,18H,3-8,11-12H2,1-2H3. The first-order valence-corrected chi connectivity index (χ1v) is 7.76. The van der Waals surface area contributed by atoms with Crippen molar-refractivity contribution in [1.82, 2.24) is 0 Å². The molecule has 0 unspecified atom stereocenters. The van der Waals surface area contributed by atoms with E-state index in [2.05, 4.69) is 6.92 Å². The molecule has 1 fully saturated rings. The minimum atomic E-state index is -0.804. The van der Waals surface area contributed by atoms with Gasteiger partial charge in [-0.2, -0.15) is 0 Å². The Bertz CT molecular complexity index is 422. The van der Waals surface area contributed by atoms with Crippen molar-refractivity contribution in [3.05, 3.63) is 29.3 Å². The van der Waals surface area contributed by atoms with Crippen molar-refractivity contribution < 1.29 is 14.6 Å². The van der Waals surface area contributed by atoms with Crippen LogP contribution in [0.5, 0.6) is 5.75 Å². The molecular weight excluding hydrogens is 252 g/mol. The fraction of sp³-hybridized carbons (Fsp3) is 0.647. The third-order valence-corrected chi connectivity index (χ3v) is 3.91. The van der Waals surface area contributed by atoms with Gasteiger partial charge in [-0.25, -0.2) is 0 Å². The van der Waals surface area contributed by atoms with E-state index in [9.17, 15) is 5.11 Å². The minimum absolute atomic E-state index is 0.256. The molecule has 0 atom stereocenters. The van der Waals surface area contributed by atoms with Gasteiger partial charge in [-0.05, 0) is 43.9 Å². The van der Waals surface area contributed by atoms with Crippen molar-refractivity contribution in [2.45, 2.75) is 58.2 Å².